The Balaban J connectivity index is 2.30. The zero-order valence-electron chi connectivity index (χ0n) is 8.71. The van der Waals surface area contributed by atoms with Crippen LogP contribution in [0.5, 0.6) is 0 Å². The minimum absolute atomic E-state index is 0.168. The zero-order valence-corrected chi connectivity index (χ0v) is 8.71. The van der Waals surface area contributed by atoms with Crippen molar-refractivity contribution in [1.82, 2.24) is 10.1 Å². The minimum Gasteiger partial charge on any atom is -0.378 e. The number of aromatic nitrogens is 2. The molecule has 2 aromatic rings. The van der Waals surface area contributed by atoms with Gasteiger partial charge in [0.05, 0.1) is 0 Å². The molecule has 0 fully saturated rings. The molecule has 1 aromatic heterocycles. The van der Waals surface area contributed by atoms with Crippen LogP contribution in [-0.4, -0.2) is 17.2 Å². The summed E-state index contributed by atoms with van der Waals surface area (Å²) in [6.45, 7) is 0. The van der Waals surface area contributed by atoms with Crippen LogP contribution in [0.25, 0.3) is 0 Å². The highest BCUT2D eigenvalue weighted by Crippen LogP contribution is 2.11. The molecule has 0 saturated carbocycles. The summed E-state index contributed by atoms with van der Waals surface area (Å²) >= 11 is 0. The van der Waals surface area contributed by atoms with E-state index < -0.39 is 0 Å². The summed E-state index contributed by atoms with van der Waals surface area (Å²) in [5.41, 5.74) is 6.71. The lowest BCUT2D eigenvalue weighted by molar-refractivity contribution is 0.404. The molecule has 0 bridgehead atoms. The van der Waals surface area contributed by atoms with Crippen molar-refractivity contribution in [2.75, 3.05) is 18.1 Å². The standard InChI is InChI=1S/C10H11N5O/c1-12-9-8(11)15-16-10(14-9)13-7-5-3-2-4-6-7/h2-6H,1H3,(H2,11,15)(H,12,13,14). The molecule has 2 rings (SSSR count). The van der Waals surface area contributed by atoms with Crippen LogP contribution >= 0.6 is 0 Å². The first-order chi connectivity index (χ1) is 7.79. The van der Waals surface area contributed by atoms with E-state index in [1.54, 1.807) is 7.05 Å². The first-order valence-corrected chi connectivity index (χ1v) is 4.68. The lowest BCUT2D eigenvalue weighted by Gasteiger charge is -2.02. The van der Waals surface area contributed by atoms with E-state index in [2.05, 4.69) is 20.4 Å². The molecule has 0 aliphatic heterocycles. The second-order valence-electron chi connectivity index (χ2n) is 3.02. The van der Waals surface area contributed by atoms with Crippen molar-refractivity contribution < 1.29 is 4.52 Å². The molecule has 6 heteroatoms. The molecule has 0 spiro atoms. The number of nitrogens with one attached hydrogen (secondary N) is 1. The second-order valence-corrected chi connectivity index (χ2v) is 3.02. The van der Waals surface area contributed by atoms with Crippen LogP contribution in [0.1, 0.15) is 0 Å². The molecule has 0 unspecified atom stereocenters. The molecule has 0 amide bonds. The Hall–Kier alpha value is -2.37. The third-order valence-electron chi connectivity index (χ3n) is 1.90. The van der Waals surface area contributed by atoms with Crippen molar-refractivity contribution in [1.29, 1.82) is 0 Å². The third-order valence-corrected chi connectivity index (χ3v) is 1.90. The van der Waals surface area contributed by atoms with Gasteiger partial charge < -0.3 is 15.6 Å². The number of anilines is 3. The largest absolute Gasteiger partial charge is 0.378 e. The molecule has 1 aromatic carbocycles. The Kier molecular flexibility index (Phi) is 2.81. The molecule has 6 nitrogen and oxygen atoms in total. The molecule has 1 heterocycles. The van der Waals surface area contributed by atoms with Crippen LogP contribution in [0.2, 0.25) is 0 Å². The van der Waals surface area contributed by atoms with Crippen molar-refractivity contribution in [3.8, 4) is 0 Å². The van der Waals surface area contributed by atoms with Gasteiger partial charge in [-0.05, 0) is 12.1 Å². The maximum absolute atomic E-state index is 5.50. The maximum Gasteiger partial charge on any atom is 0.326 e. The fourth-order valence-corrected chi connectivity index (χ4v) is 1.17. The van der Waals surface area contributed by atoms with Gasteiger partial charge in [-0.1, -0.05) is 23.4 Å². The van der Waals surface area contributed by atoms with E-state index in [-0.39, 0.29) is 11.8 Å². The Morgan fingerprint density at radius 2 is 2.06 bits per heavy atom. The quantitative estimate of drug-likeness (QED) is 0.780. The molecule has 0 aliphatic rings. The molecular formula is C10H11N5O. The Morgan fingerprint density at radius 3 is 2.75 bits per heavy atom. The van der Waals surface area contributed by atoms with Gasteiger partial charge in [0, 0.05) is 12.7 Å². The number of para-hydroxylation sites is 1. The number of nitrogens with two attached hydrogens (primary N) is 1. The summed E-state index contributed by atoms with van der Waals surface area (Å²) < 4.78 is 4.95. The number of benzene rings is 1. The van der Waals surface area contributed by atoms with Gasteiger partial charge in [-0.2, -0.15) is 4.98 Å². The average Bonchev–Trinajstić information content (AvgIpc) is 2.33. The fraction of sp³-hybridized carbons (Fsp3) is 0.100. The van der Waals surface area contributed by atoms with E-state index in [0.29, 0.717) is 5.49 Å². The monoisotopic (exact) mass is 217 g/mol. The molecule has 0 aliphatic carbocycles. The van der Waals surface area contributed by atoms with Crippen LogP contribution in [0.4, 0.5) is 17.5 Å². The maximum atomic E-state index is 5.50. The van der Waals surface area contributed by atoms with E-state index in [4.69, 9.17) is 10.3 Å². The van der Waals surface area contributed by atoms with Crippen LogP contribution in [0.3, 0.4) is 0 Å². The van der Waals surface area contributed by atoms with Gasteiger partial charge in [0.15, 0.2) is 5.49 Å². The van der Waals surface area contributed by atoms with E-state index in [1.807, 2.05) is 30.3 Å². The normalized spacial score (nSPS) is 11.4. The highest BCUT2D eigenvalue weighted by atomic mass is 16.5. The summed E-state index contributed by atoms with van der Waals surface area (Å²) in [6, 6.07) is 9.74. The first kappa shape index (κ1) is 10.2. The Morgan fingerprint density at radius 1 is 1.31 bits per heavy atom. The van der Waals surface area contributed by atoms with Gasteiger partial charge in [0.2, 0.25) is 5.82 Å². The van der Waals surface area contributed by atoms with Crippen molar-refractivity contribution in [3.63, 3.8) is 0 Å². The summed E-state index contributed by atoms with van der Waals surface area (Å²) in [5, 5.41) is 6.58. The molecule has 16 heavy (non-hydrogen) atoms. The van der Waals surface area contributed by atoms with Crippen molar-refractivity contribution in [2.45, 2.75) is 0 Å². The van der Waals surface area contributed by atoms with Crippen molar-refractivity contribution in [3.05, 3.63) is 35.8 Å². The topological polar surface area (TPSA) is 89.3 Å². The SMILES string of the molecule is CN=c1nc(Nc2ccccc2)onc1N. The van der Waals surface area contributed by atoms with E-state index in [1.165, 1.54) is 0 Å². The molecule has 0 atom stereocenters. The molecule has 82 valence electrons. The zero-order chi connectivity index (χ0) is 11.4. The second kappa shape index (κ2) is 4.43. The van der Waals surface area contributed by atoms with E-state index in [0.717, 1.165) is 5.69 Å². The summed E-state index contributed by atoms with van der Waals surface area (Å²) in [5.74, 6) is 0.168. The van der Waals surface area contributed by atoms with Crippen molar-refractivity contribution >= 4 is 17.5 Å². The van der Waals surface area contributed by atoms with Gasteiger partial charge >= 0.3 is 6.01 Å². The van der Waals surface area contributed by atoms with Crippen LogP contribution in [0.15, 0.2) is 39.8 Å². The third kappa shape index (κ3) is 2.17. The molecule has 0 saturated heterocycles. The lowest BCUT2D eigenvalue weighted by atomic mass is 10.3. The van der Waals surface area contributed by atoms with Crippen molar-refractivity contribution in [2.24, 2.45) is 4.99 Å². The van der Waals surface area contributed by atoms with Gasteiger partial charge in [-0.3, -0.25) is 4.99 Å². The highest BCUT2D eigenvalue weighted by Gasteiger charge is 2.01. The Bertz CT molecular complexity index is 534. The number of hydrogen-bond donors (Lipinski definition) is 2. The Labute approximate surface area is 91.8 Å². The predicted molar refractivity (Wildman–Crippen MR) is 59.9 cm³/mol. The number of hydrogen-bond acceptors (Lipinski definition) is 6. The van der Waals surface area contributed by atoms with Gasteiger partial charge in [0.1, 0.15) is 0 Å². The van der Waals surface area contributed by atoms with E-state index in [9.17, 15) is 0 Å². The fourth-order valence-electron chi connectivity index (χ4n) is 1.17. The molecule has 0 radical (unpaired) electrons. The molecular weight excluding hydrogens is 206 g/mol. The molecule has 3 N–H and O–H groups in total. The number of nitrogens with zero attached hydrogens (tertiary/aromatic N) is 3. The first-order valence-electron chi connectivity index (χ1n) is 4.68. The highest BCUT2D eigenvalue weighted by molar-refractivity contribution is 5.51. The van der Waals surface area contributed by atoms with Gasteiger partial charge in [-0.15, -0.1) is 0 Å². The van der Waals surface area contributed by atoms with Gasteiger partial charge in [0.25, 0.3) is 0 Å². The lowest BCUT2D eigenvalue weighted by Crippen LogP contribution is -2.16. The number of nitrogen functional groups attached to an aromatic ring is 1. The van der Waals surface area contributed by atoms with Crippen LogP contribution in [-0.2, 0) is 0 Å². The smallest absolute Gasteiger partial charge is 0.326 e. The summed E-state index contributed by atoms with van der Waals surface area (Å²) in [4.78, 5) is 7.93. The average molecular weight is 217 g/mol. The van der Waals surface area contributed by atoms with Crippen LogP contribution in [0, 0.1) is 0 Å². The predicted octanol–water partition coefficient (Wildman–Crippen LogP) is 0.926. The van der Waals surface area contributed by atoms with Crippen LogP contribution < -0.4 is 16.5 Å². The minimum atomic E-state index is 0.168. The summed E-state index contributed by atoms with van der Waals surface area (Å²) in [6.07, 6.45) is 0. The van der Waals surface area contributed by atoms with Gasteiger partial charge in [-0.25, -0.2) is 0 Å². The van der Waals surface area contributed by atoms with E-state index >= 15 is 0 Å². The number of rotatable bonds is 2. The summed E-state index contributed by atoms with van der Waals surface area (Å²) in [7, 11) is 1.59.